The highest BCUT2D eigenvalue weighted by Gasteiger charge is 2.17. The average Bonchev–Trinajstić information content (AvgIpc) is 2.36. The zero-order valence-corrected chi connectivity index (χ0v) is 10.6. The van der Waals surface area contributed by atoms with Crippen molar-refractivity contribution in [1.82, 2.24) is 9.97 Å². The van der Waals surface area contributed by atoms with E-state index < -0.39 is 9.84 Å². The lowest BCUT2D eigenvalue weighted by Crippen LogP contribution is -2.11. The molecule has 0 saturated heterocycles. The molecule has 0 unspecified atom stereocenters. The molecule has 0 aliphatic rings. The van der Waals surface area contributed by atoms with Crippen LogP contribution >= 0.6 is 11.6 Å². The maximum atomic E-state index is 11.9. The molecule has 1 aromatic carbocycles. The molecule has 90 valence electrons. The summed E-state index contributed by atoms with van der Waals surface area (Å²) in [6.07, 6.45) is 1.93. The smallest absolute Gasteiger partial charge is 0.226 e. The number of benzene rings is 1. The second-order valence-electron chi connectivity index (χ2n) is 3.57. The number of alkyl halides is 1. The summed E-state index contributed by atoms with van der Waals surface area (Å²) in [6, 6.07) is 7.26. The quantitative estimate of drug-likeness (QED) is 0.630. The van der Waals surface area contributed by atoms with E-state index >= 15 is 0 Å². The Morgan fingerprint density at radius 2 is 2.00 bits per heavy atom. The van der Waals surface area contributed by atoms with Gasteiger partial charge in [-0.3, -0.25) is 0 Å². The minimum Gasteiger partial charge on any atom is -0.226 e. The van der Waals surface area contributed by atoms with Crippen molar-refractivity contribution in [3.63, 3.8) is 0 Å². The van der Waals surface area contributed by atoms with Crippen LogP contribution in [-0.4, -0.2) is 30.0 Å². The van der Waals surface area contributed by atoms with E-state index in [2.05, 4.69) is 9.97 Å². The van der Waals surface area contributed by atoms with Crippen LogP contribution in [0.4, 0.5) is 0 Å². The van der Waals surface area contributed by atoms with Gasteiger partial charge in [-0.15, -0.1) is 11.6 Å². The molecule has 0 aliphatic heterocycles. The second-order valence-corrected chi connectivity index (χ2v) is 5.95. The topological polar surface area (TPSA) is 59.9 Å². The van der Waals surface area contributed by atoms with Crippen molar-refractivity contribution < 1.29 is 8.42 Å². The molecule has 0 radical (unpaired) electrons. The lowest BCUT2D eigenvalue weighted by molar-refractivity contribution is 0.586. The van der Waals surface area contributed by atoms with Crippen LogP contribution in [0.15, 0.2) is 35.6 Å². The number of sulfone groups is 1. The SMILES string of the molecule is O=S(=O)(CCCCl)c1ncc2ccccc2n1. The molecule has 0 aliphatic carbocycles. The normalized spacial score (nSPS) is 11.8. The Hall–Kier alpha value is -1.20. The lowest BCUT2D eigenvalue weighted by atomic mass is 10.2. The Bertz CT molecular complexity index is 628. The van der Waals surface area contributed by atoms with Gasteiger partial charge in [0.1, 0.15) is 0 Å². The molecule has 0 fully saturated rings. The van der Waals surface area contributed by atoms with Crippen LogP contribution in [0.1, 0.15) is 6.42 Å². The van der Waals surface area contributed by atoms with Gasteiger partial charge in [-0.05, 0) is 12.5 Å². The highest BCUT2D eigenvalue weighted by atomic mass is 35.5. The fourth-order valence-electron chi connectivity index (χ4n) is 1.44. The van der Waals surface area contributed by atoms with Gasteiger partial charge < -0.3 is 0 Å². The molecule has 0 bridgehead atoms. The van der Waals surface area contributed by atoms with Crippen LogP contribution in [0.3, 0.4) is 0 Å². The van der Waals surface area contributed by atoms with Crippen molar-refractivity contribution in [3.8, 4) is 0 Å². The summed E-state index contributed by atoms with van der Waals surface area (Å²) >= 11 is 5.48. The summed E-state index contributed by atoms with van der Waals surface area (Å²) in [4.78, 5) is 7.95. The molecule has 0 N–H and O–H groups in total. The summed E-state index contributed by atoms with van der Waals surface area (Å²) in [6.45, 7) is 0. The molecule has 17 heavy (non-hydrogen) atoms. The largest absolute Gasteiger partial charge is 0.247 e. The van der Waals surface area contributed by atoms with Gasteiger partial charge in [0, 0.05) is 17.5 Å². The number of para-hydroxylation sites is 1. The van der Waals surface area contributed by atoms with Crippen LogP contribution in [0.5, 0.6) is 0 Å². The van der Waals surface area contributed by atoms with Gasteiger partial charge in [-0.1, -0.05) is 18.2 Å². The summed E-state index contributed by atoms with van der Waals surface area (Å²) in [5, 5.41) is 0.699. The number of nitrogens with zero attached hydrogens (tertiary/aromatic N) is 2. The zero-order chi connectivity index (χ0) is 12.3. The average molecular weight is 271 g/mol. The first kappa shape index (κ1) is 12.3. The third kappa shape index (κ3) is 2.73. The number of hydrogen-bond acceptors (Lipinski definition) is 4. The molecule has 1 aromatic heterocycles. The van der Waals surface area contributed by atoms with Crippen molar-refractivity contribution in [1.29, 1.82) is 0 Å². The van der Waals surface area contributed by atoms with Gasteiger partial charge in [-0.2, -0.15) is 0 Å². The fraction of sp³-hybridized carbons (Fsp3) is 0.273. The Labute approximate surface area is 105 Å². The lowest BCUT2D eigenvalue weighted by Gasteiger charge is -2.02. The zero-order valence-electron chi connectivity index (χ0n) is 9.01. The van der Waals surface area contributed by atoms with Crippen molar-refractivity contribution in [2.75, 3.05) is 11.6 Å². The van der Waals surface area contributed by atoms with Crippen molar-refractivity contribution >= 4 is 32.3 Å². The van der Waals surface area contributed by atoms with Crippen LogP contribution in [0.2, 0.25) is 0 Å². The van der Waals surface area contributed by atoms with E-state index in [1.54, 1.807) is 6.07 Å². The Kier molecular flexibility index (Phi) is 3.59. The monoisotopic (exact) mass is 270 g/mol. The molecule has 0 spiro atoms. The molecule has 0 amide bonds. The molecule has 6 heteroatoms. The minimum absolute atomic E-state index is 0.0190. The van der Waals surface area contributed by atoms with Crippen molar-refractivity contribution in [2.24, 2.45) is 0 Å². The molecule has 0 saturated carbocycles. The summed E-state index contributed by atoms with van der Waals surface area (Å²) in [5.41, 5.74) is 0.631. The van der Waals surface area contributed by atoms with Gasteiger partial charge in [0.25, 0.3) is 0 Å². The van der Waals surface area contributed by atoms with Gasteiger partial charge in [0.05, 0.1) is 11.3 Å². The van der Waals surface area contributed by atoms with Gasteiger partial charge in [0.2, 0.25) is 15.0 Å². The van der Waals surface area contributed by atoms with E-state index in [1.807, 2.05) is 18.2 Å². The standard InChI is InChI=1S/C11H11ClN2O2S/c12-6-3-7-17(15,16)11-13-8-9-4-1-2-5-10(9)14-11/h1-2,4-5,8H,3,6-7H2. The van der Waals surface area contributed by atoms with Gasteiger partial charge in [0.15, 0.2) is 0 Å². The van der Waals surface area contributed by atoms with E-state index in [0.29, 0.717) is 17.8 Å². The number of halogens is 1. The maximum Gasteiger partial charge on any atom is 0.247 e. The third-order valence-electron chi connectivity index (χ3n) is 2.29. The summed E-state index contributed by atoms with van der Waals surface area (Å²) in [7, 11) is -3.42. The highest BCUT2D eigenvalue weighted by molar-refractivity contribution is 7.91. The first-order valence-electron chi connectivity index (χ1n) is 5.14. The predicted octanol–water partition coefficient (Wildman–Crippen LogP) is 2.03. The minimum atomic E-state index is -3.42. The van der Waals surface area contributed by atoms with Crippen molar-refractivity contribution in [2.45, 2.75) is 11.6 Å². The molecule has 1 heterocycles. The molecule has 4 nitrogen and oxygen atoms in total. The predicted molar refractivity (Wildman–Crippen MR) is 66.9 cm³/mol. The number of aromatic nitrogens is 2. The fourth-order valence-corrected chi connectivity index (χ4v) is 2.89. The van der Waals surface area contributed by atoms with Crippen LogP contribution < -0.4 is 0 Å². The van der Waals surface area contributed by atoms with E-state index in [1.165, 1.54) is 6.20 Å². The number of fused-ring (bicyclic) bond motifs is 1. The summed E-state index contributed by atoms with van der Waals surface area (Å²) in [5.74, 6) is 0.293. The third-order valence-corrected chi connectivity index (χ3v) is 4.14. The first-order chi connectivity index (χ1) is 8.13. The first-order valence-corrected chi connectivity index (χ1v) is 7.33. The molecule has 2 rings (SSSR count). The van der Waals surface area contributed by atoms with E-state index in [-0.39, 0.29) is 10.9 Å². The molecule has 0 atom stereocenters. The van der Waals surface area contributed by atoms with Crippen LogP contribution in [0.25, 0.3) is 10.9 Å². The summed E-state index contributed by atoms with van der Waals surface area (Å²) < 4.78 is 23.7. The van der Waals surface area contributed by atoms with Crippen molar-refractivity contribution in [3.05, 3.63) is 30.5 Å². The Morgan fingerprint density at radius 3 is 2.76 bits per heavy atom. The molecular formula is C11H11ClN2O2S. The number of rotatable bonds is 4. The number of hydrogen-bond donors (Lipinski definition) is 0. The van der Waals surface area contributed by atoms with Gasteiger partial charge >= 0.3 is 0 Å². The molecule has 2 aromatic rings. The second kappa shape index (κ2) is 4.98. The molecular weight excluding hydrogens is 260 g/mol. The maximum absolute atomic E-state index is 11.9. The van der Waals surface area contributed by atoms with E-state index in [9.17, 15) is 8.42 Å². The van der Waals surface area contributed by atoms with Crippen LogP contribution in [0, 0.1) is 0 Å². The van der Waals surface area contributed by atoms with Crippen LogP contribution in [-0.2, 0) is 9.84 Å². The van der Waals surface area contributed by atoms with E-state index in [0.717, 1.165) is 5.39 Å². The Balaban J connectivity index is 2.42. The van der Waals surface area contributed by atoms with Gasteiger partial charge in [-0.25, -0.2) is 18.4 Å². The van der Waals surface area contributed by atoms with E-state index in [4.69, 9.17) is 11.6 Å². The Morgan fingerprint density at radius 1 is 1.24 bits per heavy atom. The highest BCUT2D eigenvalue weighted by Crippen LogP contribution is 2.13.